The fraction of sp³-hybridized carbons (Fsp3) is 0.276. The van der Waals surface area contributed by atoms with Crippen LogP contribution in [0.25, 0.3) is 22.5 Å². The fourth-order valence-corrected chi connectivity index (χ4v) is 3.97. The number of ether oxygens (including phenoxy) is 2. The number of aromatic nitrogens is 3. The zero-order chi connectivity index (χ0) is 25.2. The van der Waals surface area contributed by atoms with Gasteiger partial charge in [-0.2, -0.15) is 15.0 Å². The molecule has 0 aliphatic carbocycles. The number of methoxy groups -OCH3 is 2. The SMILES string of the molecule is COCCn1nc(-c2ccc(OC)cc2)c(-c2cccc(C(=O)NCCCCc3ccccc3)c2)n1. The van der Waals surface area contributed by atoms with Gasteiger partial charge in [0.15, 0.2) is 0 Å². The van der Waals surface area contributed by atoms with Gasteiger partial charge in [0.25, 0.3) is 5.91 Å². The summed E-state index contributed by atoms with van der Waals surface area (Å²) in [5.41, 5.74) is 5.13. The molecule has 0 atom stereocenters. The van der Waals surface area contributed by atoms with Crippen LogP contribution < -0.4 is 10.1 Å². The number of benzene rings is 3. The smallest absolute Gasteiger partial charge is 0.251 e. The molecule has 0 spiro atoms. The van der Waals surface area contributed by atoms with Gasteiger partial charge in [-0.3, -0.25) is 4.79 Å². The van der Waals surface area contributed by atoms with Crippen LogP contribution in [0.4, 0.5) is 0 Å². The second-order valence-electron chi connectivity index (χ2n) is 8.49. The molecule has 1 amide bonds. The monoisotopic (exact) mass is 484 g/mol. The standard InChI is InChI=1S/C29H32N4O3/c1-35-20-19-33-31-27(23-14-16-26(36-2)17-15-23)28(32-33)24-12-8-13-25(21-24)29(34)30-18-7-6-11-22-9-4-3-5-10-22/h3-5,8-10,12-17,21H,6-7,11,18-20H2,1-2H3,(H,30,34). The Labute approximate surface area is 212 Å². The van der Waals surface area contributed by atoms with Crippen molar-refractivity contribution in [2.45, 2.75) is 25.8 Å². The average molecular weight is 485 g/mol. The number of carbonyl (C=O) groups is 1. The topological polar surface area (TPSA) is 78.3 Å². The highest BCUT2D eigenvalue weighted by atomic mass is 16.5. The molecule has 36 heavy (non-hydrogen) atoms. The van der Waals surface area contributed by atoms with Crippen LogP contribution in [0.15, 0.2) is 78.9 Å². The zero-order valence-corrected chi connectivity index (χ0v) is 20.8. The van der Waals surface area contributed by atoms with E-state index in [0.717, 1.165) is 41.8 Å². The zero-order valence-electron chi connectivity index (χ0n) is 20.8. The maximum absolute atomic E-state index is 12.9. The first kappa shape index (κ1) is 25.1. The lowest BCUT2D eigenvalue weighted by atomic mass is 10.0. The Morgan fingerprint density at radius 3 is 2.33 bits per heavy atom. The van der Waals surface area contributed by atoms with E-state index in [2.05, 4.69) is 29.6 Å². The molecule has 1 aromatic heterocycles. The number of hydrogen-bond donors (Lipinski definition) is 1. The van der Waals surface area contributed by atoms with E-state index in [4.69, 9.17) is 19.7 Å². The Morgan fingerprint density at radius 1 is 0.861 bits per heavy atom. The Morgan fingerprint density at radius 2 is 1.61 bits per heavy atom. The number of aryl methyl sites for hydroxylation is 1. The molecule has 4 rings (SSSR count). The molecular formula is C29H32N4O3. The fourth-order valence-electron chi connectivity index (χ4n) is 3.97. The number of unbranched alkanes of at least 4 members (excludes halogenated alkanes) is 1. The van der Waals surface area contributed by atoms with Gasteiger partial charge in [-0.25, -0.2) is 0 Å². The molecule has 7 nitrogen and oxygen atoms in total. The highest BCUT2D eigenvalue weighted by Gasteiger charge is 2.17. The van der Waals surface area contributed by atoms with Crippen LogP contribution in [0.5, 0.6) is 5.75 Å². The van der Waals surface area contributed by atoms with E-state index in [-0.39, 0.29) is 5.91 Å². The largest absolute Gasteiger partial charge is 0.497 e. The van der Waals surface area contributed by atoms with Gasteiger partial charge in [0.2, 0.25) is 0 Å². The Bertz CT molecular complexity index is 1250. The first-order valence-electron chi connectivity index (χ1n) is 12.2. The molecule has 0 bridgehead atoms. The third-order valence-corrected chi connectivity index (χ3v) is 5.93. The van der Waals surface area contributed by atoms with Crippen molar-refractivity contribution in [3.8, 4) is 28.3 Å². The van der Waals surface area contributed by atoms with Crippen LogP contribution >= 0.6 is 0 Å². The van der Waals surface area contributed by atoms with Gasteiger partial charge in [-0.15, -0.1) is 0 Å². The van der Waals surface area contributed by atoms with Crippen LogP contribution in [0.2, 0.25) is 0 Å². The van der Waals surface area contributed by atoms with Gasteiger partial charge in [-0.1, -0.05) is 42.5 Å². The lowest BCUT2D eigenvalue weighted by Gasteiger charge is -2.07. The predicted octanol–water partition coefficient (Wildman–Crippen LogP) is 5.02. The number of hydrogen-bond acceptors (Lipinski definition) is 5. The quantitative estimate of drug-likeness (QED) is 0.286. The lowest BCUT2D eigenvalue weighted by molar-refractivity contribution is 0.0953. The predicted molar refractivity (Wildman–Crippen MR) is 141 cm³/mol. The second kappa shape index (κ2) is 12.7. The van der Waals surface area contributed by atoms with Gasteiger partial charge in [0.05, 0.1) is 20.3 Å². The van der Waals surface area contributed by atoms with Crippen molar-refractivity contribution >= 4 is 5.91 Å². The summed E-state index contributed by atoms with van der Waals surface area (Å²) in [6.45, 7) is 1.67. The molecule has 0 aliphatic heterocycles. The summed E-state index contributed by atoms with van der Waals surface area (Å²) >= 11 is 0. The number of amides is 1. The van der Waals surface area contributed by atoms with Crippen molar-refractivity contribution in [3.63, 3.8) is 0 Å². The molecule has 0 aliphatic rings. The minimum absolute atomic E-state index is 0.0886. The maximum Gasteiger partial charge on any atom is 0.251 e. The number of carbonyl (C=O) groups excluding carboxylic acids is 1. The van der Waals surface area contributed by atoms with Crippen molar-refractivity contribution in [1.82, 2.24) is 20.3 Å². The molecule has 1 heterocycles. The Balaban J connectivity index is 1.46. The third kappa shape index (κ3) is 6.58. The van der Waals surface area contributed by atoms with Crippen LogP contribution in [0.3, 0.4) is 0 Å². The van der Waals surface area contributed by atoms with Crippen molar-refractivity contribution < 1.29 is 14.3 Å². The number of nitrogens with one attached hydrogen (secondary N) is 1. The maximum atomic E-state index is 12.9. The first-order chi connectivity index (χ1) is 17.7. The molecule has 186 valence electrons. The first-order valence-corrected chi connectivity index (χ1v) is 12.2. The molecule has 3 aromatic carbocycles. The molecule has 1 N–H and O–H groups in total. The van der Waals surface area contributed by atoms with E-state index in [1.807, 2.05) is 54.6 Å². The van der Waals surface area contributed by atoms with E-state index < -0.39 is 0 Å². The number of nitrogens with zero attached hydrogens (tertiary/aromatic N) is 3. The van der Waals surface area contributed by atoms with Crippen molar-refractivity contribution in [2.24, 2.45) is 0 Å². The molecule has 0 saturated heterocycles. The molecule has 0 unspecified atom stereocenters. The Hall–Kier alpha value is -3.97. The molecule has 0 radical (unpaired) electrons. The van der Waals surface area contributed by atoms with Crippen LogP contribution in [0, 0.1) is 0 Å². The molecule has 7 heteroatoms. The van der Waals surface area contributed by atoms with Crippen LogP contribution in [0.1, 0.15) is 28.8 Å². The lowest BCUT2D eigenvalue weighted by Crippen LogP contribution is -2.24. The number of rotatable bonds is 12. The summed E-state index contributed by atoms with van der Waals surface area (Å²) in [5, 5.41) is 12.5. The van der Waals surface area contributed by atoms with Crippen LogP contribution in [-0.2, 0) is 17.7 Å². The van der Waals surface area contributed by atoms with Crippen molar-refractivity contribution in [1.29, 1.82) is 0 Å². The summed E-state index contributed by atoms with van der Waals surface area (Å²) in [6.07, 6.45) is 2.97. The summed E-state index contributed by atoms with van der Waals surface area (Å²) in [6, 6.07) is 25.6. The third-order valence-electron chi connectivity index (χ3n) is 5.93. The minimum Gasteiger partial charge on any atom is -0.497 e. The average Bonchev–Trinajstić information content (AvgIpc) is 3.36. The molecule has 4 aromatic rings. The van der Waals surface area contributed by atoms with Crippen LogP contribution in [-0.4, -0.2) is 48.3 Å². The highest BCUT2D eigenvalue weighted by Crippen LogP contribution is 2.30. The van der Waals surface area contributed by atoms with E-state index in [1.165, 1.54) is 5.56 Å². The van der Waals surface area contributed by atoms with Gasteiger partial charge in [0.1, 0.15) is 17.1 Å². The summed E-state index contributed by atoms with van der Waals surface area (Å²) in [4.78, 5) is 14.5. The van der Waals surface area contributed by atoms with E-state index >= 15 is 0 Å². The highest BCUT2D eigenvalue weighted by molar-refractivity contribution is 5.95. The molecular weight excluding hydrogens is 452 g/mol. The summed E-state index contributed by atoms with van der Waals surface area (Å²) in [7, 11) is 3.29. The minimum atomic E-state index is -0.0886. The summed E-state index contributed by atoms with van der Waals surface area (Å²) < 4.78 is 10.5. The van der Waals surface area contributed by atoms with Gasteiger partial charge in [-0.05, 0) is 61.2 Å². The van der Waals surface area contributed by atoms with Gasteiger partial charge in [0, 0.05) is 30.3 Å². The molecule has 0 fully saturated rings. The van der Waals surface area contributed by atoms with Gasteiger partial charge < -0.3 is 14.8 Å². The second-order valence-corrected chi connectivity index (χ2v) is 8.49. The molecule has 0 saturated carbocycles. The van der Waals surface area contributed by atoms with Crippen molar-refractivity contribution in [2.75, 3.05) is 27.4 Å². The van der Waals surface area contributed by atoms with E-state index in [1.54, 1.807) is 19.0 Å². The Kier molecular flexibility index (Phi) is 8.83. The normalized spacial score (nSPS) is 10.8. The van der Waals surface area contributed by atoms with E-state index in [9.17, 15) is 4.79 Å². The van der Waals surface area contributed by atoms with Crippen molar-refractivity contribution in [3.05, 3.63) is 90.0 Å². The summed E-state index contributed by atoms with van der Waals surface area (Å²) in [5.74, 6) is 0.684. The van der Waals surface area contributed by atoms with Gasteiger partial charge >= 0.3 is 0 Å². The van der Waals surface area contributed by atoms with E-state index in [0.29, 0.717) is 31.0 Å².